The summed E-state index contributed by atoms with van der Waals surface area (Å²) in [6.07, 6.45) is 2.78. The lowest BCUT2D eigenvalue weighted by Gasteiger charge is -2.09. The van der Waals surface area contributed by atoms with Gasteiger partial charge in [0.25, 0.3) is 5.56 Å². The van der Waals surface area contributed by atoms with E-state index < -0.39 is 11.2 Å². The number of benzene rings is 1. The van der Waals surface area contributed by atoms with Crippen LogP contribution in [0.4, 0.5) is 5.95 Å². The molecule has 3 N–H and O–H groups in total. The Bertz CT molecular complexity index is 1120. The lowest BCUT2D eigenvalue weighted by Crippen LogP contribution is -2.39. The molecule has 3 aromatic rings. The summed E-state index contributed by atoms with van der Waals surface area (Å²) >= 11 is 11.9. The number of fused-ring (bicyclic) bond motifs is 1. The molecule has 0 saturated carbocycles. The number of hydrogen-bond acceptors (Lipinski definition) is 5. The highest BCUT2D eigenvalue weighted by atomic mass is 35.5. The molecule has 1 saturated heterocycles. The van der Waals surface area contributed by atoms with E-state index in [9.17, 15) is 9.59 Å². The number of aryl methyl sites for hydroxylation is 2. The van der Waals surface area contributed by atoms with Gasteiger partial charge in [0, 0.05) is 14.1 Å². The van der Waals surface area contributed by atoms with Gasteiger partial charge in [0.1, 0.15) is 0 Å². The largest absolute Gasteiger partial charge is 0.369 e. The van der Waals surface area contributed by atoms with E-state index in [2.05, 4.69) is 10.3 Å². The van der Waals surface area contributed by atoms with E-state index >= 15 is 0 Å². The van der Waals surface area contributed by atoms with Gasteiger partial charge in [-0.1, -0.05) is 29.3 Å². The lowest BCUT2D eigenvalue weighted by molar-refractivity contribution is 0.655. The predicted octanol–water partition coefficient (Wildman–Crippen LogP) is 1.74. The van der Waals surface area contributed by atoms with Crippen LogP contribution in [0.25, 0.3) is 11.2 Å². The topological polar surface area (TPSA) is 99.9 Å². The monoisotopic (exact) mass is 424 g/mol. The summed E-state index contributed by atoms with van der Waals surface area (Å²) in [6, 6.07) is 4.95. The van der Waals surface area contributed by atoms with Gasteiger partial charge in [-0.3, -0.25) is 13.9 Å². The number of hydrogen-bond donors (Lipinski definition) is 2. The minimum absolute atomic E-state index is 0.0728. The molecule has 8 nitrogen and oxygen atoms in total. The molecular formula is C18H22Cl2N6O2. The van der Waals surface area contributed by atoms with Crippen LogP contribution in [0.5, 0.6) is 0 Å². The molecule has 0 radical (unpaired) electrons. The molecule has 150 valence electrons. The molecule has 0 bridgehead atoms. The molecule has 1 aromatic carbocycles. The van der Waals surface area contributed by atoms with Gasteiger partial charge in [0.05, 0.1) is 16.6 Å². The molecule has 1 fully saturated rings. The van der Waals surface area contributed by atoms with Crippen molar-refractivity contribution in [3.05, 3.63) is 54.6 Å². The van der Waals surface area contributed by atoms with Gasteiger partial charge in [-0.25, -0.2) is 4.79 Å². The molecule has 1 aliphatic rings. The van der Waals surface area contributed by atoms with Crippen LogP contribution in [0.3, 0.4) is 0 Å². The van der Waals surface area contributed by atoms with E-state index in [0.717, 1.165) is 4.57 Å². The summed E-state index contributed by atoms with van der Waals surface area (Å²) in [5.41, 5.74) is 6.01. The number of nitrogen functional groups attached to an aromatic ring is 1. The Morgan fingerprint density at radius 3 is 2.36 bits per heavy atom. The van der Waals surface area contributed by atoms with Gasteiger partial charge in [0.2, 0.25) is 5.95 Å². The first-order valence-corrected chi connectivity index (χ1v) is 9.63. The molecule has 0 amide bonds. The Morgan fingerprint density at radius 1 is 1.11 bits per heavy atom. The van der Waals surface area contributed by atoms with Crippen molar-refractivity contribution in [3.63, 3.8) is 0 Å². The Kier molecular flexibility index (Phi) is 6.12. The quantitative estimate of drug-likeness (QED) is 0.652. The maximum Gasteiger partial charge on any atom is 0.332 e. The molecule has 3 heterocycles. The molecule has 28 heavy (non-hydrogen) atoms. The molecular weight excluding hydrogens is 403 g/mol. The zero-order valence-electron chi connectivity index (χ0n) is 15.7. The first-order valence-electron chi connectivity index (χ1n) is 8.87. The number of aromatic nitrogens is 4. The summed E-state index contributed by atoms with van der Waals surface area (Å²) in [6.45, 7) is 2.57. The first kappa shape index (κ1) is 20.4. The van der Waals surface area contributed by atoms with Gasteiger partial charge in [-0.2, -0.15) is 4.98 Å². The van der Waals surface area contributed by atoms with Crippen molar-refractivity contribution in [1.82, 2.24) is 24.0 Å². The molecule has 0 aliphatic carbocycles. The van der Waals surface area contributed by atoms with E-state index in [0.29, 0.717) is 15.6 Å². The fourth-order valence-corrected chi connectivity index (χ4v) is 3.37. The highest BCUT2D eigenvalue weighted by molar-refractivity contribution is 6.42. The summed E-state index contributed by atoms with van der Waals surface area (Å²) in [7, 11) is 3.17. The zero-order chi connectivity index (χ0) is 20.4. The van der Waals surface area contributed by atoms with Crippen LogP contribution in [0.15, 0.2) is 27.8 Å². The first-order chi connectivity index (χ1) is 13.3. The van der Waals surface area contributed by atoms with E-state index in [1.807, 2.05) is 0 Å². The SMILES string of the molecule is C1CCNC1.Cn1c(N)nc2c1c(=O)n(Cc1ccc(Cl)c(Cl)c1)c(=O)n2C. The third kappa shape index (κ3) is 3.94. The number of anilines is 1. The van der Waals surface area contributed by atoms with E-state index in [1.54, 1.807) is 32.3 Å². The minimum Gasteiger partial charge on any atom is -0.369 e. The fraction of sp³-hybridized carbons (Fsp3) is 0.389. The number of halogens is 2. The van der Waals surface area contributed by atoms with Crippen LogP contribution in [-0.2, 0) is 20.6 Å². The second kappa shape index (κ2) is 8.38. The van der Waals surface area contributed by atoms with Crippen LogP contribution in [0.1, 0.15) is 18.4 Å². The third-order valence-electron chi connectivity index (χ3n) is 4.68. The van der Waals surface area contributed by atoms with Crippen molar-refractivity contribution in [1.29, 1.82) is 0 Å². The van der Waals surface area contributed by atoms with Crippen LogP contribution in [0, 0.1) is 0 Å². The van der Waals surface area contributed by atoms with Crippen molar-refractivity contribution in [3.8, 4) is 0 Å². The maximum atomic E-state index is 12.7. The summed E-state index contributed by atoms with van der Waals surface area (Å²) in [5.74, 6) is 0.166. The van der Waals surface area contributed by atoms with Crippen LogP contribution >= 0.6 is 23.2 Å². The van der Waals surface area contributed by atoms with Crippen LogP contribution in [-0.4, -0.2) is 31.8 Å². The summed E-state index contributed by atoms with van der Waals surface area (Å²) in [4.78, 5) is 29.2. The standard InChI is InChI=1S/C14H13Cl2N5O2.C4H9N/c1-19-10-11(18-13(19)17)20(2)14(23)21(12(10)22)6-7-3-4-8(15)9(16)5-7;1-2-4-5-3-1/h3-5H,6H2,1-2H3,(H2,17,18);5H,1-4H2. The van der Waals surface area contributed by atoms with Crippen molar-refractivity contribution < 1.29 is 0 Å². The number of nitrogens with one attached hydrogen (secondary N) is 1. The van der Waals surface area contributed by atoms with Gasteiger partial charge >= 0.3 is 5.69 Å². The highest BCUT2D eigenvalue weighted by Gasteiger charge is 2.17. The average Bonchev–Trinajstić information content (AvgIpc) is 3.33. The average molecular weight is 425 g/mol. The van der Waals surface area contributed by atoms with E-state index in [4.69, 9.17) is 28.9 Å². The summed E-state index contributed by atoms with van der Waals surface area (Å²) in [5, 5.41) is 3.99. The van der Waals surface area contributed by atoms with Gasteiger partial charge in [-0.05, 0) is 43.6 Å². The number of nitrogens with zero attached hydrogens (tertiary/aromatic N) is 4. The van der Waals surface area contributed by atoms with E-state index in [-0.39, 0.29) is 23.7 Å². The van der Waals surface area contributed by atoms with Gasteiger partial charge in [-0.15, -0.1) is 0 Å². The predicted molar refractivity (Wildman–Crippen MR) is 112 cm³/mol. The minimum atomic E-state index is -0.480. The Labute approximate surface area is 171 Å². The smallest absolute Gasteiger partial charge is 0.332 e. The highest BCUT2D eigenvalue weighted by Crippen LogP contribution is 2.22. The molecule has 0 unspecified atom stereocenters. The number of nitrogens with two attached hydrogens (primary N) is 1. The molecule has 10 heteroatoms. The normalized spacial score (nSPS) is 13.6. The van der Waals surface area contributed by atoms with Crippen molar-refractivity contribution >= 4 is 40.3 Å². The molecule has 4 rings (SSSR count). The lowest BCUT2D eigenvalue weighted by atomic mass is 10.2. The van der Waals surface area contributed by atoms with Crippen LogP contribution in [0.2, 0.25) is 10.0 Å². The molecule has 2 aromatic heterocycles. The molecule has 0 spiro atoms. The van der Waals surface area contributed by atoms with E-state index in [1.165, 1.54) is 35.1 Å². The van der Waals surface area contributed by atoms with Crippen molar-refractivity contribution in [2.45, 2.75) is 19.4 Å². The third-order valence-corrected chi connectivity index (χ3v) is 5.42. The number of imidazole rings is 1. The second-order valence-corrected chi connectivity index (χ2v) is 7.45. The Balaban J connectivity index is 0.000000391. The Morgan fingerprint density at radius 2 is 1.79 bits per heavy atom. The maximum absolute atomic E-state index is 12.7. The van der Waals surface area contributed by atoms with Crippen molar-refractivity contribution in [2.75, 3.05) is 18.8 Å². The Hall–Kier alpha value is -2.29. The number of rotatable bonds is 2. The van der Waals surface area contributed by atoms with Crippen molar-refractivity contribution in [2.24, 2.45) is 14.1 Å². The summed E-state index contributed by atoms with van der Waals surface area (Å²) < 4.78 is 3.87. The van der Waals surface area contributed by atoms with Gasteiger partial charge in [0.15, 0.2) is 11.2 Å². The second-order valence-electron chi connectivity index (χ2n) is 6.64. The fourth-order valence-electron chi connectivity index (χ4n) is 3.05. The zero-order valence-corrected chi connectivity index (χ0v) is 17.2. The van der Waals surface area contributed by atoms with Crippen LogP contribution < -0.4 is 22.3 Å². The van der Waals surface area contributed by atoms with Gasteiger partial charge < -0.3 is 15.6 Å². The molecule has 0 atom stereocenters. The molecule has 1 aliphatic heterocycles.